The quantitative estimate of drug-likeness (QED) is 0.480. The van der Waals surface area contributed by atoms with Crippen LogP contribution in [0.1, 0.15) is 26.2 Å². The minimum absolute atomic E-state index is 0.0110. The van der Waals surface area contributed by atoms with E-state index in [1.807, 2.05) is 0 Å². The van der Waals surface area contributed by atoms with Crippen molar-refractivity contribution in [3.05, 3.63) is 0 Å². The lowest BCUT2D eigenvalue weighted by atomic mass is 10.2. The lowest BCUT2D eigenvalue weighted by Gasteiger charge is -2.05. The fourth-order valence-corrected chi connectivity index (χ4v) is 0.845. The summed E-state index contributed by atoms with van der Waals surface area (Å²) in [5.41, 5.74) is 5.18. The van der Waals surface area contributed by atoms with Crippen molar-refractivity contribution < 1.29 is 9.90 Å². The Balaban J connectivity index is 3.14. The lowest BCUT2D eigenvalue weighted by Crippen LogP contribution is -2.26. The predicted molar refractivity (Wildman–Crippen MR) is 47.6 cm³/mol. The maximum absolute atomic E-state index is 10.8. The molecule has 0 radical (unpaired) electrons. The van der Waals surface area contributed by atoms with Crippen LogP contribution < -0.4 is 11.1 Å². The number of aliphatic hydroxyl groups excluding tert-OH is 1. The highest BCUT2D eigenvalue weighted by Gasteiger charge is 1.98. The highest BCUT2D eigenvalue weighted by Crippen LogP contribution is 1.93. The topological polar surface area (TPSA) is 75.3 Å². The standard InChI is InChI=1S/C8H18N2O2/c1-7(11)3-2-6-10-8(12)4-5-9/h7,11H,2-6,9H2,1H3,(H,10,12). The van der Waals surface area contributed by atoms with Crippen LogP contribution in [-0.4, -0.2) is 30.2 Å². The molecule has 72 valence electrons. The van der Waals surface area contributed by atoms with Gasteiger partial charge in [-0.25, -0.2) is 0 Å². The van der Waals surface area contributed by atoms with Crippen LogP contribution in [-0.2, 0) is 4.79 Å². The minimum Gasteiger partial charge on any atom is -0.393 e. The summed E-state index contributed by atoms with van der Waals surface area (Å²) < 4.78 is 0. The molecule has 0 rings (SSSR count). The summed E-state index contributed by atoms with van der Waals surface area (Å²) in [6, 6.07) is 0. The molecule has 0 aliphatic heterocycles. The van der Waals surface area contributed by atoms with Crippen molar-refractivity contribution in [2.45, 2.75) is 32.3 Å². The molecule has 12 heavy (non-hydrogen) atoms. The second-order valence-electron chi connectivity index (χ2n) is 2.88. The third-order valence-corrected chi connectivity index (χ3v) is 1.49. The summed E-state index contributed by atoms with van der Waals surface area (Å²) in [5.74, 6) is -0.0110. The molecule has 0 saturated carbocycles. The number of hydrogen-bond donors (Lipinski definition) is 3. The second kappa shape index (κ2) is 7.06. The van der Waals surface area contributed by atoms with E-state index in [1.54, 1.807) is 6.92 Å². The summed E-state index contributed by atoms with van der Waals surface area (Å²) in [4.78, 5) is 10.8. The van der Waals surface area contributed by atoms with Crippen molar-refractivity contribution >= 4 is 5.91 Å². The minimum atomic E-state index is -0.281. The van der Waals surface area contributed by atoms with Gasteiger partial charge in [-0.3, -0.25) is 4.79 Å². The van der Waals surface area contributed by atoms with Gasteiger partial charge in [0.1, 0.15) is 0 Å². The van der Waals surface area contributed by atoms with E-state index in [9.17, 15) is 4.79 Å². The molecule has 0 aromatic heterocycles. The van der Waals surface area contributed by atoms with E-state index < -0.39 is 0 Å². The molecule has 4 nitrogen and oxygen atoms in total. The van der Waals surface area contributed by atoms with Crippen LogP contribution in [0.2, 0.25) is 0 Å². The molecule has 0 aliphatic rings. The monoisotopic (exact) mass is 174 g/mol. The first-order valence-corrected chi connectivity index (χ1v) is 4.31. The summed E-state index contributed by atoms with van der Waals surface area (Å²) in [6.45, 7) is 2.76. The number of rotatable bonds is 6. The van der Waals surface area contributed by atoms with E-state index >= 15 is 0 Å². The molecule has 0 spiro atoms. The number of aliphatic hydroxyl groups is 1. The van der Waals surface area contributed by atoms with Crippen LogP contribution in [0.4, 0.5) is 0 Å². The Morgan fingerprint density at radius 2 is 2.33 bits per heavy atom. The molecule has 4 N–H and O–H groups in total. The number of amides is 1. The smallest absolute Gasteiger partial charge is 0.221 e. The molecule has 1 unspecified atom stereocenters. The molecule has 0 aliphatic carbocycles. The van der Waals surface area contributed by atoms with Crippen LogP contribution >= 0.6 is 0 Å². The van der Waals surface area contributed by atoms with Crippen LogP contribution in [0, 0.1) is 0 Å². The van der Waals surface area contributed by atoms with Crippen molar-refractivity contribution in [2.75, 3.05) is 13.1 Å². The molecule has 0 aromatic carbocycles. The first kappa shape index (κ1) is 11.4. The Morgan fingerprint density at radius 1 is 1.67 bits per heavy atom. The van der Waals surface area contributed by atoms with Gasteiger partial charge < -0.3 is 16.2 Å². The van der Waals surface area contributed by atoms with Crippen molar-refractivity contribution in [3.8, 4) is 0 Å². The van der Waals surface area contributed by atoms with Gasteiger partial charge in [0.15, 0.2) is 0 Å². The van der Waals surface area contributed by atoms with Crippen molar-refractivity contribution in [1.82, 2.24) is 5.32 Å². The van der Waals surface area contributed by atoms with Gasteiger partial charge in [0.25, 0.3) is 0 Å². The molecule has 0 heterocycles. The van der Waals surface area contributed by atoms with E-state index in [0.717, 1.165) is 12.8 Å². The number of hydrogen-bond acceptors (Lipinski definition) is 3. The van der Waals surface area contributed by atoms with Gasteiger partial charge in [0.2, 0.25) is 5.91 Å². The largest absolute Gasteiger partial charge is 0.393 e. The van der Waals surface area contributed by atoms with E-state index in [1.165, 1.54) is 0 Å². The molecule has 0 bridgehead atoms. The van der Waals surface area contributed by atoms with Gasteiger partial charge in [-0.05, 0) is 19.8 Å². The first-order chi connectivity index (χ1) is 5.66. The second-order valence-corrected chi connectivity index (χ2v) is 2.88. The SMILES string of the molecule is CC(O)CCCNC(=O)CCN. The van der Waals surface area contributed by atoms with Crippen molar-refractivity contribution in [3.63, 3.8) is 0 Å². The first-order valence-electron chi connectivity index (χ1n) is 4.31. The fourth-order valence-electron chi connectivity index (χ4n) is 0.845. The van der Waals surface area contributed by atoms with Crippen molar-refractivity contribution in [1.29, 1.82) is 0 Å². The maximum atomic E-state index is 10.8. The van der Waals surface area contributed by atoms with Crippen molar-refractivity contribution in [2.24, 2.45) is 5.73 Å². The molecule has 1 amide bonds. The number of nitrogens with two attached hydrogens (primary N) is 1. The van der Waals surface area contributed by atoms with E-state index in [2.05, 4.69) is 5.32 Å². The Hall–Kier alpha value is -0.610. The Kier molecular flexibility index (Phi) is 6.70. The van der Waals surface area contributed by atoms with Gasteiger partial charge in [-0.1, -0.05) is 0 Å². The van der Waals surface area contributed by atoms with Crippen LogP contribution in [0.25, 0.3) is 0 Å². The van der Waals surface area contributed by atoms with E-state index in [0.29, 0.717) is 19.5 Å². The van der Waals surface area contributed by atoms with Gasteiger partial charge >= 0.3 is 0 Å². The zero-order valence-electron chi connectivity index (χ0n) is 7.55. The molecule has 0 fully saturated rings. The van der Waals surface area contributed by atoms with E-state index in [4.69, 9.17) is 10.8 Å². The average molecular weight is 174 g/mol. The van der Waals surface area contributed by atoms with Crippen LogP contribution in [0.15, 0.2) is 0 Å². The third kappa shape index (κ3) is 7.50. The maximum Gasteiger partial charge on any atom is 0.221 e. The Bertz CT molecular complexity index is 126. The van der Waals surface area contributed by atoms with E-state index in [-0.39, 0.29) is 12.0 Å². The molecule has 4 heteroatoms. The number of nitrogens with one attached hydrogen (secondary N) is 1. The summed E-state index contributed by atoms with van der Waals surface area (Å²) in [5, 5.41) is 11.6. The zero-order valence-corrected chi connectivity index (χ0v) is 7.55. The average Bonchev–Trinajstić information content (AvgIpc) is 1.98. The highest BCUT2D eigenvalue weighted by atomic mass is 16.3. The molecule has 1 atom stereocenters. The molecule has 0 aromatic rings. The van der Waals surface area contributed by atoms with Crippen LogP contribution in [0.3, 0.4) is 0 Å². The molecule has 0 saturated heterocycles. The zero-order chi connectivity index (χ0) is 9.40. The summed E-state index contributed by atoms with van der Waals surface area (Å²) in [6.07, 6.45) is 1.64. The molecular weight excluding hydrogens is 156 g/mol. The van der Waals surface area contributed by atoms with Gasteiger partial charge in [0, 0.05) is 19.5 Å². The fraction of sp³-hybridized carbons (Fsp3) is 0.875. The number of carbonyl (C=O) groups is 1. The molecular formula is C8H18N2O2. The Labute approximate surface area is 73.1 Å². The number of carbonyl (C=O) groups excluding carboxylic acids is 1. The Morgan fingerprint density at radius 3 is 2.83 bits per heavy atom. The normalized spacial score (nSPS) is 12.6. The third-order valence-electron chi connectivity index (χ3n) is 1.49. The van der Waals surface area contributed by atoms with Gasteiger partial charge in [-0.15, -0.1) is 0 Å². The predicted octanol–water partition coefficient (Wildman–Crippen LogP) is -0.388. The summed E-state index contributed by atoms with van der Waals surface area (Å²) in [7, 11) is 0. The van der Waals surface area contributed by atoms with Gasteiger partial charge in [-0.2, -0.15) is 0 Å². The summed E-state index contributed by atoms with van der Waals surface area (Å²) >= 11 is 0. The van der Waals surface area contributed by atoms with Crippen LogP contribution in [0.5, 0.6) is 0 Å². The highest BCUT2D eigenvalue weighted by molar-refractivity contribution is 5.75. The van der Waals surface area contributed by atoms with Gasteiger partial charge in [0.05, 0.1) is 6.10 Å². The lowest BCUT2D eigenvalue weighted by molar-refractivity contribution is -0.120.